The van der Waals surface area contributed by atoms with Crippen LogP contribution >= 0.6 is 0 Å². The highest BCUT2D eigenvalue weighted by Crippen LogP contribution is 2.29. The molecule has 0 aliphatic heterocycles. The van der Waals surface area contributed by atoms with Crippen molar-refractivity contribution in [3.8, 4) is 0 Å². The maximum atomic E-state index is 12.7. The molecule has 1 atom stereocenters. The lowest BCUT2D eigenvalue weighted by molar-refractivity contribution is -0.140. The molecule has 1 saturated carbocycles. The lowest BCUT2D eigenvalue weighted by atomic mass is 9.81. The van der Waals surface area contributed by atoms with Crippen molar-refractivity contribution < 1.29 is 14.3 Å². The zero-order valence-electron chi connectivity index (χ0n) is 13.1. The van der Waals surface area contributed by atoms with E-state index in [0.29, 0.717) is 25.7 Å². The van der Waals surface area contributed by atoms with E-state index in [9.17, 15) is 4.79 Å². The number of hydrogen-bond donors (Lipinski definition) is 1. The van der Waals surface area contributed by atoms with Crippen LogP contribution in [0.1, 0.15) is 32.6 Å². The fourth-order valence-corrected chi connectivity index (χ4v) is 2.95. The molecule has 5 nitrogen and oxygen atoms in total. The molecule has 0 spiro atoms. The molecule has 1 amide bonds. The number of methoxy groups -OCH3 is 2. The molecule has 1 aliphatic rings. The molecule has 2 N–H and O–H groups in total. The van der Waals surface area contributed by atoms with E-state index in [1.54, 1.807) is 14.2 Å². The molecular weight excluding hydrogens is 256 g/mol. The van der Waals surface area contributed by atoms with E-state index < -0.39 is 0 Å². The minimum absolute atomic E-state index is 0.0925. The van der Waals surface area contributed by atoms with Gasteiger partial charge < -0.3 is 20.1 Å². The van der Waals surface area contributed by atoms with E-state index >= 15 is 0 Å². The molecule has 0 heterocycles. The molecule has 0 saturated heterocycles. The Hall–Kier alpha value is -0.650. The number of amides is 1. The van der Waals surface area contributed by atoms with Gasteiger partial charge >= 0.3 is 0 Å². The van der Waals surface area contributed by atoms with Gasteiger partial charge in [0, 0.05) is 26.7 Å². The van der Waals surface area contributed by atoms with Gasteiger partial charge in [0.15, 0.2) is 0 Å². The summed E-state index contributed by atoms with van der Waals surface area (Å²) in [6.45, 7) is 4.54. The molecule has 0 bridgehead atoms. The Morgan fingerprint density at radius 3 is 2.40 bits per heavy atom. The summed E-state index contributed by atoms with van der Waals surface area (Å²) < 4.78 is 10.3. The summed E-state index contributed by atoms with van der Waals surface area (Å²) in [5.41, 5.74) is 5.71. The number of rotatable bonds is 8. The predicted octanol–water partition coefficient (Wildman–Crippen LogP) is 1.26. The van der Waals surface area contributed by atoms with Crippen molar-refractivity contribution in [1.29, 1.82) is 0 Å². The lowest BCUT2D eigenvalue weighted by Gasteiger charge is -2.35. The van der Waals surface area contributed by atoms with Crippen molar-refractivity contribution in [2.75, 3.05) is 40.5 Å². The highest BCUT2D eigenvalue weighted by molar-refractivity contribution is 5.79. The van der Waals surface area contributed by atoms with Crippen LogP contribution in [-0.4, -0.2) is 57.4 Å². The maximum Gasteiger partial charge on any atom is 0.226 e. The first-order valence-corrected chi connectivity index (χ1v) is 7.62. The monoisotopic (exact) mass is 286 g/mol. The molecular formula is C15H30N2O3. The summed E-state index contributed by atoms with van der Waals surface area (Å²) in [7, 11) is 3.33. The van der Waals surface area contributed by atoms with Crippen LogP contribution in [0, 0.1) is 11.8 Å². The van der Waals surface area contributed by atoms with Gasteiger partial charge in [-0.25, -0.2) is 0 Å². The number of nitrogens with zero attached hydrogens (tertiary/aromatic N) is 1. The van der Waals surface area contributed by atoms with Gasteiger partial charge in [0.05, 0.1) is 19.3 Å². The highest BCUT2D eigenvalue weighted by atomic mass is 16.5. The summed E-state index contributed by atoms with van der Waals surface area (Å²) in [4.78, 5) is 14.6. The van der Waals surface area contributed by atoms with Gasteiger partial charge in [0.1, 0.15) is 0 Å². The smallest absolute Gasteiger partial charge is 0.226 e. The van der Waals surface area contributed by atoms with E-state index in [2.05, 4.69) is 0 Å². The Morgan fingerprint density at radius 2 is 1.90 bits per heavy atom. The summed E-state index contributed by atoms with van der Waals surface area (Å²) in [6, 6.07) is 0.0925. The van der Waals surface area contributed by atoms with Gasteiger partial charge in [-0.3, -0.25) is 4.79 Å². The van der Waals surface area contributed by atoms with Crippen LogP contribution in [0.25, 0.3) is 0 Å². The third-order valence-corrected chi connectivity index (χ3v) is 4.29. The Labute approximate surface area is 122 Å². The van der Waals surface area contributed by atoms with Crippen molar-refractivity contribution >= 4 is 5.91 Å². The van der Waals surface area contributed by atoms with Crippen molar-refractivity contribution in [3.63, 3.8) is 0 Å². The SMILES string of the molecule is COCCN(C(=O)C1CCC(CN)CC1)C(C)COC. The molecule has 0 radical (unpaired) electrons. The van der Waals surface area contributed by atoms with Crippen LogP contribution in [0.5, 0.6) is 0 Å². The average molecular weight is 286 g/mol. The van der Waals surface area contributed by atoms with Gasteiger partial charge in [-0.1, -0.05) is 0 Å². The fraction of sp³-hybridized carbons (Fsp3) is 0.933. The first-order chi connectivity index (χ1) is 9.63. The minimum Gasteiger partial charge on any atom is -0.383 e. The number of hydrogen-bond acceptors (Lipinski definition) is 4. The van der Waals surface area contributed by atoms with Crippen LogP contribution < -0.4 is 5.73 Å². The third-order valence-electron chi connectivity index (χ3n) is 4.29. The normalized spacial score (nSPS) is 24.4. The predicted molar refractivity (Wildman–Crippen MR) is 79.4 cm³/mol. The van der Waals surface area contributed by atoms with Crippen LogP contribution in [0.15, 0.2) is 0 Å². The molecule has 118 valence electrons. The van der Waals surface area contributed by atoms with Crippen LogP contribution in [0.2, 0.25) is 0 Å². The second kappa shape index (κ2) is 9.32. The Bertz CT molecular complexity index is 278. The van der Waals surface area contributed by atoms with Crippen LogP contribution in [-0.2, 0) is 14.3 Å². The average Bonchev–Trinajstić information content (AvgIpc) is 2.48. The number of carbonyl (C=O) groups excluding carboxylic acids is 1. The molecule has 1 aliphatic carbocycles. The topological polar surface area (TPSA) is 64.8 Å². The third kappa shape index (κ3) is 5.04. The Balaban J connectivity index is 2.58. The molecule has 5 heteroatoms. The van der Waals surface area contributed by atoms with Gasteiger partial charge in [-0.15, -0.1) is 0 Å². The van der Waals surface area contributed by atoms with Crippen LogP contribution in [0.4, 0.5) is 0 Å². The molecule has 0 aromatic rings. The fourth-order valence-electron chi connectivity index (χ4n) is 2.95. The molecule has 1 rings (SSSR count). The van der Waals surface area contributed by atoms with Crippen molar-refractivity contribution in [1.82, 2.24) is 4.90 Å². The molecule has 1 fully saturated rings. The zero-order chi connectivity index (χ0) is 15.0. The van der Waals surface area contributed by atoms with E-state index in [4.69, 9.17) is 15.2 Å². The van der Waals surface area contributed by atoms with E-state index in [1.807, 2.05) is 11.8 Å². The van der Waals surface area contributed by atoms with Gasteiger partial charge in [0.25, 0.3) is 0 Å². The Kier molecular flexibility index (Phi) is 8.11. The summed E-state index contributed by atoms with van der Waals surface area (Å²) in [5, 5.41) is 0. The highest BCUT2D eigenvalue weighted by Gasteiger charge is 2.30. The number of ether oxygens (including phenoxy) is 2. The van der Waals surface area contributed by atoms with Crippen molar-refractivity contribution in [2.45, 2.75) is 38.6 Å². The quantitative estimate of drug-likeness (QED) is 0.729. The zero-order valence-corrected chi connectivity index (χ0v) is 13.1. The van der Waals surface area contributed by atoms with Crippen molar-refractivity contribution in [3.05, 3.63) is 0 Å². The Morgan fingerprint density at radius 1 is 1.25 bits per heavy atom. The summed E-state index contributed by atoms with van der Waals surface area (Å²) in [5.74, 6) is 0.999. The molecule has 0 aromatic heterocycles. The van der Waals surface area contributed by atoms with E-state index in [-0.39, 0.29) is 17.9 Å². The minimum atomic E-state index is 0.0925. The standard InChI is InChI=1S/C15H30N2O3/c1-12(11-20-3)17(8-9-19-2)15(18)14-6-4-13(10-16)5-7-14/h12-14H,4-11,16H2,1-3H3. The maximum absolute atomic E-state index is 12.7. The molecule has 1 unspecified atom stereocenters. The molecule has 20 heavy (non-hydrogen) atoms. The van der Waals surface area contributed by atoms with Gasteiger partial charge in [0.2, 0.25) is 5.91 Å². The second-order valence-corrected chi connectivity index (χ2v) is 5.78. The van der Waals surface area contributed by atoms with Gasteiger partial charge in [-0.05, 0) is 45.1 Å². The largest absolute Gasteiger partial charge is 0.383 e. The first-order valence-electron chi connectivity index (χ1n) is 7.62. The van der Waals surface area contributed by atoms with E-state index in [0.717, 1.165) is 32.2 Å². The van der Waals surface area contributed by atoms with Crippen molar-refractivity contribution in [2.24, 2.45) is 17.6 Å². The van der Waals surface area contributed by atoms with Crippen LogP contribution in [0.3, 0.4) is 0 Å². The summed E-state index contributed by atoms with van der Waals surface area (Å²) >= 11 is 0. The number of carbonyl (C=O) groups is 1. The van der Waals surface area contributed by atoms with E-state index in [1.165, 1.54) is 0 Å². The first kappa shape index (κ1) is 17.4. The summed E-state index contributed by atoms with van der Waals surface area (Å²) in [6.07, 6.45) is 4.07. The lowest BCUT2D eigenvalue weighted by Crippen LogP contribution is -2.46. The molecule has 0 aromatic carbocycles. The van der Waals surface area contributed by atoms with Gasteiger partial charge in [-0.2, -0.15) is 0 Å². The second-order valence-electron chi connectivity index (χ2n) is 5.78. The number of nitrogens with two attached hydrogens (primary N) is 1.